The first-order chi connectivity index (χ1) is 13.1. The van der Waals surface area contributed by atoms with Gasteiger partial charge >= 0.3 is 5.97 Å². The van der Waals surface area contributed by atoms with Crippen LogP contribution < -0.4 is 15.5 Å². The van der Waals surface area contributed by atoms with Crippen molar-refractivity contribution >= 4 is 23.5 Å². The maximum Gasteiger partial charge on any atom is 0.328 e. The van der Waals surface area contributed by atoms with Crippen LogP contribution in [-0.2, 0) is 19.1 Å². The first-order valence-electron chi connectivity index (χ1n) is 9.65. The molecule has 0 aromatic heterocycles. The van der Waals surface area contributed by atoms with E-state index in [4.69, 9.17) is 4.74 Å². The Morgan fingerprint density at radius 2 is 1.61 bits per heavy atom. The summed E-state index contributed by atoms with van der Waals surface area (Å²) in [6.45, 7) is 10.0. The van der Waals surface area contributed by atoms with Gasteiger partial charge in [0.1, 0.15) is 6.04 Å². The summed E-state index contributed by atoms with van der Waals surface area (Å²) in [6, 6.07) is 3.37. The number of aryl methyl sites for hydroxylation is 3. The Morgan fingerprint density at radius 3 is 2.11 bits per heavy atom. The van der Waals surface area contributed by atoms with Crippen LogP contribution in [0.3, 0.4) is 0 Å². The minimum atomic E-state index is -0.679. The van der Waals surface area contributed by atoms with Crippen molar-refractivity contribution in [2.24, 2.45) is 5.92 Å². The molecule has 0 aliphatic carbocycles. The second-order valence-electron chi connectivity index (χ2n) is 7.59. The van der Waals surface area contributed by atoms with Crippen LogP contribution in [0.2, 0.25) is 0 Å². The first-order valence-corrected chi connectivity index (χ1v) is 9.65. The first kappa shape index (κ1) is 23.6. The number of benzene rings is 1. The lowest BCUT2D eigenvalue weighted by Gasteiger charge is -2.22. The molecule has 0 aliphatic heterocycles. The lowest BCUT2D eigenvalue weighted by molar-refractivity contribution is -0.862. The van der Waals surface area contributed by atoms with Crippen LogP contribution in [0, 0.1) is 26.7 Å². The van der Waals surface area contributed by atoms with E-state index in [-0.39, 0.29) is 30.8 Å². The SMILES string of the molecule is CC[C@@H](C)[C@@H](NC(=O)C[NH+](C)CC(=O)Nc1c(C)cc(C)cc1C)C(=O)OC. The van der Waals surface area contributed by atoms with Gasteiger partial charge in [0.15, 0.2) is 13.1 Å². The van der Waals surface area contributed by atoms with Crippen LogP contribution in [0.4, 0.5) is 5.69 Å². The van der Waals surface area contributed by atoms with Gasteiger partial charge < -0.3 is 20.3 Å². The molecule has 1 unspecified atom stereocenters. The number of anilines is 1. The predicted octanol–water partition coefficient (Wildman–Crippen LogP) is 0.769. The van der Waals surface area contributed by atoms with Crippen molar-refractivity contribution in [1.82, 2.24) is 5.32 Å². The van der Waals surface area contributed by atoms with Gasteiger partial charge in [0.25, 0.3) is 11.8 Å². The third-order valence-corrected chi connectivity index (χ3v) is 4.85. The smallest absolute Gasteiger partial charge is 0.328 e. The lowest BCUT2D eigenvalue weighted by Crippen LogP contribution is -3.11. The van der Waals surface area contributed by atoms with Gasteiger partial charge in [-0.2, -0.15) is 0 Å². The highest BCUT2D eigenvalue weighted by Crippen LogP contribution is 2.21. The van der Waals surface area contributed by atoms with Gasteiger partial charge in [0.05, 0.1) is 14.2 Å². The lowest BCUT2D eigenvalue weighted by atomic mass is 9.99. The largest absolute Gasteiger partial charge is 0.467 e. The molecule has 2 amide bonds. The zero-order valence-corrected chi connectivity index (χ0v) is 18.1. The van der Waals surface area contributed by atoms with E-state index < -0.39 is 12.0 Å². The summed E-state index contributed by atoms with van der Waals surface area (Å²) in [5.74, 6) is -0.939. The van der Waals surface area contributed by atoms with Crippen molar-refractivity contribution in [2.75, 3.05) is 32.6 Å². The van der Waals surface area contributed by atoms with E-state index in [0.29, 0.717) is 0 Å². The number of quaternary nitrogens is 1. The van der Waals surface area contributed by atoms with Gasteiger partial charge in [-0.05, 0) is 37.8 Å². The molecule has 1 aromatic rings. The zero-order valence-electron chi connectivity index (χ0n) is 18.1. The van der Waals surface area contributed by atoms with Gasteiger partial charge in [0.2, 0.25) is 0 Å². The molecule has 0 spiro atoms. The van der Waals surface area contributed by atoms with E-state index in [1.807, 2.05) is 46.8 Å². The normalized spacial score (nSPS) is 14.0. The highest BCUT2D eigenvalue weighted by molar-refractivity contribution is 5.93. The standard InChI is InChI=1S/C21H33N3O4/c1-8-14(3)20(21(27)28-7)23-18(26)12-24(6)11-17(25)22-19-15(4)9-13(2)10-16(19)5/h9-10,14,20H,8,11-12H2,1-7H3,(H,22,25)(H,23,26)/p+1/t14-,20-/m1/s1. The average Bonchev–Trinajstić information content (AvgIpc) is 2.61. The summed E-state index contributed by atoms with van der Waals surface area (Å²) in [5.41, 5.74) is 3.98. The number of rotatable bonds is 9. The predicted molar refractivity (Wildman–Crippen MR) is 109 cm³/mol. The van der Waals surface area contributed by atoms with Crippen LogP contribution in [0.15, 0.2) is 12.1 Å². The summed E-state index contributed by atoms with van der Waals surface area (Å²) in [6.07, 6.45) is 0.737. The summed E-state index contributed by atoms with van der Waals surface area (Å²) >= 11 is 0. The molecule has 0 saturated heterocycles. The number of carbonyl (C=O) groups excluding carboxylic acids is 3. The second kappa shape index (κ2) is 10.8. The minimum absolute atomic E-state index is 0.0347. The van der Waals surface area contributed by atoms with Crippen molar-refractivity contribution in [3.8, 4) is 0 Å². The number of carbonyl (C=O) groups is 3. The summed E-state index contributed by atoms with van der Waals surface area (Å²) in [5, 5.41) is 5.67. The molecule has 0 saturated carbocycles. The van der Waals surface area contributed by atoms with Crippen LogP contribution in [0.5, 0.6) is 0 Å². The average molecular weight is 393 g/mol. The number of esters is 1. The van der Waals surface area contributed by atoms with E-state index in [2.05, 4.69) is 10.6 Å². The molecule has 0 heterocycles. The van der Waals surface area contributed by atoms with Gasteiger partial charge in [-0.1, -0.05) is 38.0 Å². The number of amides is 2. The molecular formula is C21H34N3O4+. The molecule has 28 heavy (non-hydrogen) atoms. The fourth-order valence-electron chi connectivity index (χ4n) is 3.19. The number of ether oxygens (including phenoxy) is 1. The van der Waals surface area contributed by atoms with Crippen molar-refractivity contribution in [3.63, 3.8) is 0 Å². The third-order valence-electron chi connectivity index (χ3n) is 4.85. The van der Waals surface area contributed by atoms with E-state index in [0.717, 1.165) is 33.7 Å². The topological polar surface area (TPSA) is 88.9 Å². The van der Waals surface area contributed by atoms with Gasteiger partial charge in [-0.3, -0.25) is 9.59 Å². The maximum atomic E-state index is 12.4. The maximum absolute atomic E-state index is 12.4. The zero-order chi connectivity index (χ0) is 21.4. The van der Waals surface area contributed by atoms with Crippen molar-refractivity contribution in [1.29, 1.82) is 0 Å². The fourth-order valence-corrected chi connectivity index (χ4v) is 3.19. The molecule has 3 N–H and O–H groups in total. The quantitative estimate of drug-likeness (QED) is 0.542. The number of hydrogen-bond donors (Lipinski definition) is 3. The van der Waals surface area contributed by atoms with E-state index in [9.17, 15) is 14.4 Å². The molecular weight excluding hydrogens is 358 g/mol. The molecule has 0 aliphatic rings. The molecule has 0 radical (unpaired) electrons. The molecule has 0 fully saturated rings. The van der Waals surface area contributed by atoms with E-state index in [1.54, 1.807) is 7.05 Å². The van der Waals surface area contributed by atoms with Crippen molar-refractivity contribution in [3.05, 3.63) is 28.8 Å². The van der Waals surface area contributed by atoms with Crippen molar-refractivity contribution < 1.29 is 24.0 Å². The van der Waals surface area contributed by atoms with Gasteiger partial charge in [-0.25, -0.2) is 4.79 Å². The number of nitrogens with one attached hydrogen (secondary N) is 3. The van der Waals surface area contributed by atoms with Gasteiger partial charge in [0, 0.05) is 5.69 Å². The molecule has 7 heteroatoms. The summed E-state index contributed by atoms with van der Waals surface area (Å²) in [4.78, 5) is 37.3. The van der Waals surface area contributed by atoms with E-state index >= 15 is 0 Å². The summed E-state index contributed by atoms with van der Waals surface area (Å²) < 4.78 is 4.78. The van der Waals surface area contributed by atoms with Crippen molar-refractivity contribution in [2.45, 2.75) is 47.1 Å². The van der Waals surface area contributed by atoms with E-state index in [1.165, 1.54) is 7.11 Å². The van der Waals surface area contributed by atoms with Crippen LogP contribution >= 0.6 is 0 Å². The minimum Gasteiger partial charge on any atom is -0.467 e. The molecule has 1 rings (SSSR count). The van der Waals surface area contributed by atoms with Crippen LogP contribution in [0.1, 0.15) is 37.0 Å². The molecule has 1 aromatic carbocycles. The molecule has 7 nitrogen and oxygen atoms in total. The Morgan fingerprint density at radius 1 is 1.07 bits per heavy atom. The number of hydrogen-bond acceptors (Lipinski definition) is 4. The van der Waals surface area contributed by atoms with Crippen LogP contribution in [0.25, 0.3) is 0 Å². The Balaban J connectivity index is 2.63. The fraction of sp³-hybridized carbons (Fsp3) is 0.571. The Bertz CT molecular complexity index is 695. The highest BCUT2D eigenvalue weighted by Gasteiger charge is 2.27. The van der Waals surface area contributed by atoms with Crippen LogP contribution in [-0.4, -0.2) is 51.1 Å². The Kier molecular flexibility index (Phi) is 9.12. The molecule has 156 valence electrons. The Labute approximate surface area is 167 Å². The molecule has 0 bridgehead atoms. The Hall–Kier alpha value is -2.41. The number of likely N-dealkylation sites (N-methyl/N-ethyl adjacent to an activating group) is 1. The third kappa shape index (κ3) is 6.96. The second-order valence-corrected chi connectivity index (χ2v) is 7.59. The monoisotopic (exact) mass is 392 g/mol. The molecule has 3 atom stereocenters. The highest BCUT2D eigenvalue weighted by atomic mass is 16.5. The number of methoxy groups -OCH3 is 1. The summed E-state index contributed by atoms with van der Waals surface area (Å²) in [7, 11) is 3.07. The van der Waals surface area contributed by atoms with Gasteiger partial charge in [-0.15, -0.1) is 0 Å².